The van der Waals surface area contributed by atoms with Gasteiger partial charge in [0.2, 0.25) is 0 Å². The van der Waals surface area contributed by atoms with Crippen molar-refractivity contribution in [2.45, 2.75) is 6.42 Å². The zero-order valence-corrected chi connectivity index (χ0v) is 6.10. The molecule has 0 saturated heterocycles. The lowest BCUT2D eigenvalue weighted by atomic mass is 10.4. The number of hydrogen-bond donors (Lipinski definition) is 2. The van der Waals surface area contributed by atoms with Crippen LogP contribution in [0.1, 0.15) is 5.82 Å². The second kappa shape index (κ2) is 3.00. The van der Waals surface area contributed by atoms with Crippen molar-refractivity contribution in [3.63, 3.8) is 0 Å². The van der Waals surface area contributed by atoms with Crippen molar-refractivity contribution >= 4 is 5.84 Å². The predicted molar refractivity (Wildman–Crippen MR) is 38.1 cm³/mol. The molecule has 0 bridgehead atoms. The summed E-state index contributed by atoms with van der Waals surface area (Å²) in [6.45, 7) is 0. The van der Waals surface area contributed by atoms with Crippen LogP contribution in [0, 0.1) is 0 Å². The third-order valence-corrected chi connectivity index (χ3v) is 1.27. The summed E-state index contributed by atoms with van der Waals surface area (Å²) in [5.74, 6) is 0.793. The minimum Gasteiger partial charge on any atom is -0.409 e. The lowest BCUT2D eigenvalue weighted by Gasteiger charge is -1.96. The van der Waals surface area contributed by atoms with Crippen molar-refractivity contribution in [2.75, 3.05) is 0 Å². The minimum atomic E-state index is 0.126. The van der Waals surface area contributed by atoms with Gasteiger partial charge in [0.25, 0.3) is 0 Å². The fraction of sp³-hybridized carbons (Fsp3) is 0.400. The lowest BCUT2D eigenvalue weighted by molar-refractivity contribution is 0.317. The quantitative estimate of drug-likeness (QED) is 0.251. The molecule has 0 atom stereocenters. The summed E-state index contributed by atoms with van der Waals surface area (Å²) in [5, 5.41) is 14.9. The van der Waals surface area contributed by atoms with E-state index in [-0.39, 0.29) is 5.84 Å². The molecule has 0 spiro atoms. The molecule has 3 N–H and O–H groups in total. The molecule has 0 aliphatic heterocycles. The number of aryl methyl sites for hydroxylation is 1. The van der Waals surface area contributed by atoms with Gasteiger partial charge < -0.3 is 10.9 Å². The summed E-state index contributed by atoms with van der Waals surface area (Å²) >= 11 is 0. The molecule has 1 heterocycles. The van der Waals surface area contributed by atoms with Gasteiger partial charge in [0.15, 0.2) is 0 Å². The third-order valence-electron chi connectivity index (χ3n) is 1.27. The highest BCUT2D eigenvalue weighted by molar-refractivity contribution is 5.81. The van der Waals surface area contributed by atoms with E-state index in [1.807, 2.05) is 0 Å². The normalized spacial score (nSPS) is 11.9. The van der Waals surface area contributed by atoms with Gasteiger partial charge in [0, 0.05) is 7.05 Å². The van der Waals surface area contributed by atoms with Crippen LogP contribution < -0.4 is 5.73 Å². The summed E-state index contributed by atoms with van der Waals surface area (Å²) in [6.07, 6.45) is 1.73. The average Bonchev–Trinajstić information content (AvgIpc) is 2.37. The molecule has 60 valence electrons. The molecule has 6 nitrogen and oxygen atoms in total. The van der Waals surface area contributed by atoms with Crippen molar-refractivity contribution in [2.24, 2.45) is 17.9 Å². The van der Waals surface area contributed by atoms with E-state index in [4.69, 9.17) is 10.9 Å². The molecule has 0 aliphatic rings. The van der Waals surface area contributed by atoms with Crippen LogP contribution in [0.3, 0.4) is 0 Å². The van der Waals surface area contributed by atoms with Crippen LogP contribution in [0.15, 0.2) is 11.5 Å². The lowest BCUT2D eigenvalue weighted by Crippen LogP contribution is -2.17. The van der Waals surface area contributed by atoms with Crippen LogP contribution in [-0.4, -0.2) is 25.8 Å². The third kappa shape index (κ3) is 1.66. The SMILES string of the molecule is Cn1ncnc1C/C(N)=N/O. The van der Waals surface area contributed by atoms with Gasteiger partial charge in [-0.3, -0.25) is 4.68 Å². The van der Waals surface area contributed by atoms with E-state index in [0.717, 1.165) is 0 Å². The Morgan fingerprint density at radius 1 is 1.91 bits per heavy atom. The molecule has 1 aromatic heterocycles. The van der Waals surface area contributed by atoms with Crippen LogP contribution in [0.2, 0.25) is 0 Å². The van der Waals surface area contributed by atoms with E-state index in [9.17, 15) is 0 Å². The summed E-state index contributed by atoms with van der Waals surface area (Å²) in [7, 11) is 1.74. The van der Waals surface area contributed by atoms with Crippen LogP contribution in [0.4, 0.5) is 0 Å². The highest BCUT2D eigenvalue weighted by atomic mass is 16.4. The molecule has 0 unspecified atom stereocenters. The van der Waals surface area contributed by atoms with Crippen molar-refractivity contribution in [1.82, 2.24) is 14.8 Å². The van der Waals surface area contributed by atoms with Gasteiger partial charge in [-0.2, -0.15) is 5.10 Å². The number of rotatable bonds is 2. The zero-order chi connectivity index (χ0) is 8.27. The second-order valence-electron chi connectivity index (χ2n) is 2.07. The molecule has 0 fully saturated rings. The minimum absolute atomic E-state index is 0.126. The fourth-order valence-corrected chi connectivity index (χ4v) is 0.678. The topological polar surface area (TPSA) is 89.3 Å². The first-order valence-corrected chi connectivity index (χ1v) is 3.03. The Kier molecular flexibility index (Phi) is 2.05. The molecule has 11 heavy (non-hydrogen) atoms. The molecule has 0 amide bonds. The molecule has 0 aliphatic carbocycles. The Hall–Kier alpha value is -1.59. The fourth-order valence-electron chi connectivity index (χ4n) is 0.678. The number of nitrogens with zero attached hydrogens (tertiary/aromatic N) is 4. The summed E-state index contributed by atoms with van der Waals surface area (Å²) < 4.78 is 1.57. The first-order chi connectivity index (χ1) is 5.24. The van der Waals surface area contributed by atoms with Crippen LogP contribution in [0.5, 0.6) is 0 Å². The number of amidine groups is 1. The summed E-state index contributed by atoms with van der Waals surface area (Å²) in [5.41, 5.74) is 5.25. The van der Waals surface area contributed by atoms with Crippen molar-refractivity contribution in [1.29, 1.82) is 0 Å². The van der Waals surface area contributed by atoms with E-state index in [1.165, 1.54) is 6.33 Å². The molecule has 1 rings (SSSR count). The monoisotopic (exact) mass is 155 g/mol. The maximum absolute atomic E-state index is 8.23. The maximum atomic E-state index is 8.23. The Labute approximate surface area is 63.3 Å². The highest BCUT2D eigenvalue weighted by Gasteiger charge is 2.02. The van der Waals surface area contributed by atoms with Gasteiger partial charge in [0.1, 0.15) is 18.0 Å². The molecular weight excluding hydrogens is 146 g/mol. The standard InChI is InChI=1S/C5H9N5O/c1-10-5(7-3-8-10)2-4(6)9-11/h3,11H,2H2,1H3,(H2,6,9). The zero-order valence-electron chi connectivity index (χ0n) is 6.10. The Morgan fingerprint density at radius 3 is 3.09 bits per heavy atom. The van der Waals surface area contributed by atoms with Gasteiger partial charge >= 0.3 is 0 Å². The number of hydrogen-bond acceptors (Lipinski definition) is 4. The Morgan fingerprint density at radius 2 is 2.64 bits per heavy atom. The molecule has 0 aromatic carbocycles. The molecule has 6 heteroatoms. The molecule has 0 radical (unpaired) electrons. The van der Waals surface area contributed by atoms with E-state index in [1.54, 1.807) is 11.7 Å². The van der Waals surface area contributed by atoms with Crippen molar-refractivity contribution in [3.05, 3.63) is 12.2 Å². The summed E-state index contributed by atoms with van der Waals surface area (Å²) in [6, 6.07) is 0. The van der Waals surface area contributed by atoms with Gasteiger partial charge in [-0.1, -0.05) is 5.16 Å². The largest absolute Gasteiger partial charge is 0.409 e. The smallest absolute Gasteiger partial charge is 0.146 e. The number of aromatic nitrogens is 3. The molecule has 0 saturated carbocycles. The Bertz CT molecular complexity index is 266. The molecule has 1 aromatic rings. The second-order valence-corrected chi connectivity index (χ2v) is 2.07. The van der Waals surface area contributed by atoms with E-state index < -0.39 is 0 Å². The molecular formula is C5H9N5O. The first-order valence-electron chi connectivity index (χ1n) is 3.03. The number of oxime groups is 1. The van der Waals surface area contributed by atoms with Crippen molar-refractivity contribution < 1.29 is 5.21 Å². The van der Waals surface area contributed by atoms with Crippen molar-refractivity contribution in [3.8, 4) is 0 Å². The predicted octanol–water partition coefficient (Wildman–Crippen LogP) is -0.896. The average molecular weight is 155 g/mol. The highest BCUT2D eigenvalue weighted by Crippen LogP contribution is 1.91. The van der Waals surface area contributed by atoms with Gasteiger partial charge in [-0.05, 0) is 0 Å². The van der Waals surface area contributed by atoms with Crippen LogP contribution in [0.25, 0.3) is 0 Å². The van der Waals surface area contributed by atoms with Crippen LogP contribution >= 0.6 is 0 Å². The van der Waals surface area contributed by atoms with E-state index >= 15 is 0 Å². The Balaban J connectivity index is 2.72. The number of nitrogens with two attached hydrogens (primary N) is 1. The van der Waals surface area contributed by atoms with Gasteiger partial charge in [0.05, 0.1) is 6.42 Å². The van der Waals surface area contributed by atoms with Crippen LogP contribution in [-0.2, 0) is 13.5 Å². The first kappa shape index (κ1) is 7.52. The van der Waals surface area contributed by atoms with E-state index in [0.29, 0.717) is 12.2 Å². The van der Waals surface area contributed by atoms with E-state index in [2.05, 4.69) is 15.2 Å². The van der Waals surface area contributed by atoms with Gasteiger partial charge in [-0.25, -0.2) is 4.98 Å². The summed E-state index contributed by atoms with van der Waals surface area (Å²) in [4.78, 5) is 3.88. The maximum Gasteiger partial charge on any atom is 0.146 e. The van der Waals surface area contributed by atoms with Gasteiger partial charge in [-0.15, -0.1) is 0 Å².